The van der Waals surface area contributed by atoms with E-state index in [1.165, 1.54) is 36.6 Å². The summed E-state index contributed by atoms with van der Waals surface area (Å²) in [4.78, 5) is 22.0. The van der Waals surface area contributed by atoms with Crippen molar-refractivity contribution in [2.24, 2.45) is 5.92 Å². The lowest BCUT2D eigenvalue weighted by molar-refractivity contribution is -0.129. The molecule has 3 fully saturated rings. The molecule has 30 heavy (non-hydrogen) atoms. The van der Waals surface area contributed by atoms with E-state index in [4.69, 9.17) is 9.72 Å². The number of fused-ring (bicyclic) bond motifs is 1. The Bertz CT molecular complexity index is 890. The molecule has 1 atom stereocenters. The van der Waals surface area contributed by atoms with E-state index >= 15 is 0 Å². The van der Waals surface area contributed by atoms with Gasteiger partial charge in [0.2, 0.25) is 5.91 Å². The van der Waals surface area contributed by atoms with Crippen LogP contribution in [0, 0.1) is 5.92 Å². The van der Waals surface area contributed by atoms with Crippen LogP contribution in [0.25, 0.3) is 10.9 Å². The number of anilines is 1. The molecule has 1 N–H and O–H groups in total. The highest BCUT2D eigenvalue weighted by molar-refractivity contribution is 5.82. The number of ether oxygens (including phenoxy) is 1. The number of para-hydroxylation sites is 1. The van der Waals surface area contributed by atoms with Crippen LogP contribution < -0.4 is 10.2 Å². The Hall–Kier alpha value is -2.18. The van der Waals surface area contributed by atoms with E-state index in [0.29, 0.717) is 24.3 Å². The zero-order chi connectivity index (χ0) is 20.3. The monoisotopic (exact) mass is 408 g/mol. The summed E-state index contributed by atoms with van der Waals surface area (Å²) >= 11 is 0. The zero-order valence-electron chi connectivity index (χ0n) is 17.7. The van der Waals surface area contributed by atoms with Gasteiger partial charge in [-0.15, -0.1) is 0 Å². The molecule has 0 bridgehead atoms. The van der Waals surface area contributed by atoms with Crippen LogP contribution in [0.1, 0.15) is 37.7 Å². The molecule has 0 radical (unpaired) electrons. The van der Waals surface area contributed by atoms with Crippen molar-refractivity contribution < 1.29 is 9.53 Å². The fourth-order valence-electron chi connectivity index (χ4n) is 5.25. The number of morpholine rings is 1. The van der Waals surface area contributed by atoms with Gasteiger partial charge in [-0.3, -0.25) is 4.79 Å². The number of amides is 1. The summed E-state index contributed by atoms with van der Waals surface area (Å²) in [5.41, 5.74) is 2.27. The topological polar surface area (TPSA) is 57.7 Å². The first-order chi connectivity index (χ1) is 14.8. The number of rotatable bonds is 6. The minimum atomic E-state index is 0.357. The predicted octanol–water partition coefficient (Wildman–Crippen LogP) is 2.95. The summed E-state index contributed by atoms with van der Waals surface area (Å²) in [6, 6.07) is 11.1. The molecule has 160 valence electrons. The van der Waals surface area contributed by atoms with Gasteiger partial charge in [0, 0.05) is 56.1 Å². The van der Waals surface area contributed by atoms with Gasteiger partial charge in [0.1, 0.15) is 5.82 Å². The first kappa shape index (κ1) is 19.8. The predicted molar refractivity (Wildman–Crippen MR) is 119 cm³/mol. The Morgan fingerprint density at radius 3 is 2.77 bits per heavy atom. The van der Waals surface area contributed by atoms with Crippen LogP contribution >= 0.6 is 0 Å². The quantitative estimate of drug-likeness (QED) is 0.796. The molecule has 3 heterocycles. The minimum Gasteiger partial charge on any atom is -0.378 e. The number of carbonyl (C=O) groups excluding carboxylic acids is 1. The average molecular weight is 409 g/mol. The van der Waals surface area contributed by atoms with Crippen LogP contribution in [0.5, 0.6) is 0 Å². The number of pyridine rings is 1. The summed E-state index contributed by atoms with van der Waals surface area (Å²) in [6.07, 6.45) is 5.62. The minimum absolute atomic E-state index is 0.357. The maximum Gasteiger partial charge on any atom is 0.223 e. The van der Waals surface area contributed by atoms with Crippen molar-refractivity contribution in [2.75, 3.05) is 44.3 Å². The Balaban J connectivity index is 1.26. The fourth-order valence-corrected chi connectivity index (χ4v) is 5.25. The number of nitrogens with zero attached hydrogens (tertiary/aromatic N) is 3. The van der Waals surface area contributed by atoms with Crippen LogP contribution in [-0.2, 0) is 16.1 Å². The molecule has 2 aromatic rings. The van der Waals surface area contributed by atoms with Gasteiger partial charge in [-0.05, 0) is 30.9 Å². The maximum atomic E-state index is 12.5. The molecule has 6 nitrogen and oxygen atoms in total. The maximum absolute atomic E-state index is 12.5. The van der Waals surface area contributed by atoms with Crippen LogP contribution in [0.4, 0.5) is 5.82 Å². The molecule has 6 heteroatoms. The summed E-state index contributed by atoms with van der Waals surface area (Å²) in [5, 5.41) is 4.82. The Labute approximate surface area is 178 Å². The van der Waals surface area contributed by atoms with Crippen molar-refractivity contribution in [3.05, 3.63) is 35.9 Å². The van der Waals surface area contributed by atoms with Crippen molar-refractivity contribution in [3.63, 3.8) is 0 Å². The summed E-state index contributed by atoms with van der Waals surface area (Å²) < 4.78 is 5.54. The molecule has 1 aromatic carbocycles. The summed E-state index contributed by atoms with van der Waals surface area (Å²) in [7, 11) is 0. The van der Waals surface area contributed by atoms with Crippen molar-refractivity contribution in [1.82, 2.24) is 15.2 Å². The van der Waals surface area contributed by atoms with E-state index < -0.39 is 0 Å². The van der Waals surface area contributed by atoms with E-state index in [2.05, 4.69) is 39.4 Å². The number of aromatic nitrogens is 1. The molecule has 1 aliphatic carbocycles. The number of nitrogens with one attached hydrogen (secondary N) is 1. The SMILES string of the molecule is O=C1CC(CNCc2cc3ccccc3nc2N2CCOCC2)CN1C1CCCC1. The highest BCUT2D eigenvalue weighted by Crippen LogP contribution is 2.29. The first-order valence-corrected chi connectivity index (χ1v) is 11.5. The van der Waals surface area contributed by atoms with E-state index in [0.717, 1.165) is 57.3 Å². The lowest BCUT2D eigenvalue weighted by Crippen LogP contribution is -2.38. The molecule has 1 unspecified atom stereocenters. The van der Waals surface area contributed by atoms with Gasteiger partial charge >= 0.3 is 0 Å². The highest BCUT2D eigenvalue weighted by atomic mass is 16.5. The number of benzene rings is 1. The van der Waals surface area contributed by atoms with Gasteiger partial charge in [0.25, 0.3) is 0 Å². The molecule has 1 aromatic heterocycles. The van der Waals surface area contributed by atoms with E-state index in [1.807, 2.05) is 6.07 Å². The Morgan fingerprint density at radius 2 is 1.93 bits per heavy atom. The lowest BCUT2D eigenvalue weighted by atomic mass is 10.1. The number of hydrogen-bond donors (Lipinski definition) is 1. The van der Waals surface area contributed by atoms with Crippen molar-refractivity contribution in [3.8, 4) is 0 Å². The fraction of sp³-hybridized carbons (Fsp3) is 0.583. The van der Waals surface area contributed by atoms with E-state index in [1.54, 1.807) is 0 Å². The van der Waals surface area contributed by atoms with Crippen LogP contribution in [0.2, 0.25) is 0 Å². The molecule has 2 saturated heterocycles. The standard InChI is InChI=1S/C24H32N4O2/c29-23-13-18(17-28(23)21-6-2-3-7-21)15-25-16-20-14-19-5-1-4-8-22(19)26-24(20)27-9-11-30-12-10-27/h1,4-5,8,14,18,21,25H,2-3,6-7,9-13,15-17H2. The number of carbonyl (C=O) groups is 1. The second-order valence-corrected chi connectivity index (χ2v) is 8.95. The van der Waals surface area contributed by atoms with Crippen molar-refractivity contribution >= 4 is 22.6 Å². The second-order valence-electron chi connectivity index (χ2n) is 8.95. The van der Waals surface area contributed by atoms with Crippen LogP contribution in [-0.4, -0.2) is 61.2 Å². The third kappa shape index (κ3) is 4.16. The Morgan fingerprint density at radius 1 is 1.13 bits per heavy atom. The van der Waals surface area contributed by atoms with Gasteiger partial charge in [0.15, 0.2) is 0 Å². The Kier molecular flexibility index (Phi) is 5.86. The molecule has 3 aliphatic rings. The largest absolute Gasteiger partial charge is 0.378 e. The zero-order valence-corrected chi connectivity index (χ0v) is 17.7. The normalized spacial score (nSPS) is 23.1. The van der Waals surface area contributed by atoms with Gasteiger partial charge in [-0.2, -0.15) is 0 Å². The van der Waals surface area contributed by atoms with E-state index in [-0.39, 0.29) is 0 Å². The molecule has 1 saturated carbocycles. The molecule has 0 spiro atoms. The number of likely N-dealkylation sites (tertiary alicyclic amines) is 1. The molecule has 2 aliphatic heterocycles. The third-order valence-corrected chi connectivity index (χ3v) is 6.84. The molecular formula is C24H32N4O2. The van der Waals surface area contributed by atoms with Gasteiger partial charge < -0.3 is 19.9 Å². The smallest absolute Gasteiger partial charge is 0.223 e. The third-order valence-electron chi connectivity index (χ3n) is 6.84. The van der Waals surface area contributed by atoms with Crippen molar-refractivity contribution in [2.45, 2.75) is 44.7 Å². The summed E-state index contributed by atoms with van der Waals surface area (Å²) in [5.74, 6) is 1.84. The van der Waals surface area contributed by atoms with Crippen molar-refractivity contribution in [1.29, 1.82) is 0 Å². The van der Waals surface area contributed by atoms with Crippen LogP contribution in [0.3, 0.4) is 0 Å². The highest BCUT2D eigenvalue weighted by Gasteiger charge is 2.35. The van der Waals surface area contributed by atoms with Crippen LogP contribution in [0.15, 0.2) is 30.3 Å². The molecular weight excluding hydrogens is 376 g/mol. The van der Waals surface area contributed by atoms with E-state index in [9.17, 15) is 4.79 Å². The lowest BCUT2D eigenvalue weighted by Gasteiger charge is -2.30. The second kappa shape index (κ2) is 8.90. The first-order valence-electron chi connectivity index (χ1n) is 11.5. The summed E-state index contributed by atoms with van der Waals surface area (Å²) in [6.45, 7) is 5.84. The average Bonchev–Trinajstić information content (AvgIpc) is 3.43. The van der Waals surface area contributed by atoms with Gasteiger partial charge in [-0.25, -0.2) is 4.98 Å². The van der Waals surface area contributed by atoms with Gasteiger partial charge in [-0.1, -0.05) is 31.0 Å². The van der Waals surface area contributed by atoms with Gasteiger partial charge in [0.05, 0.1) is 18.7 Å². The molecule has 1 amide bonds. The molecule has 5 rings (SSSR count). The number of hydrogen-bond acceptors (Lipinski definition) is 5.